The predicted molar refractivity (Wildman–Crippen MR) is 160 cm³/mol. The van der Waals surface area contributed by atoms with Crippen molar-refractivity contribution < 1.29 is 14.2 Å². The van der Waals surface area contributed by atoms with E-state index in [2.05, 4.69) is 42.5 Å². The van der Waals surface area contributed by atoms with Crippen LogP contribution >= 0.6 is 0 Å². The van der Waals surface area contributed by atoms with Gasteiger partial charge in [0.2, 0.25) is 0 Å². The molecule has 0 fully saturated rings. The summed E-state index contributed by atoms with van der Waals surface area (Å²) in [6.45, 7) is 0.865. The Balaban J connectivity index is 1.53. The molecule has 0 atom stereocenters. The van der Waals surface area contributed by atoms with Crippen molar-refractivity contribution in [2.45, 2.75) is 13.2 Å². The quantitative estimate of drug-likeness (QED) is 0.240. The molecule has 1 aromatic heterocycles. The van der Waals surface area contributed by atoms with Gasteiger partial charge in [-0.1, -0.05) is 48.5 Å². The average molecular weight is 526 g/mol. The molecule has 0 saturated carbocycles. The number of pyridine rings is 1. The molecule has 5 heteroatoms. The number of methoxy groups -OCH3 is 2. The zero-order valence-electron chi connectivity index (χ0n) is 22.3. The number of fused-ring (bicyclic) bond motifs is 2. The summed E-state index contributed by atoms with van der Waals surface area (Å²) < 4.78 is 19.4. The van der Waals surface area contributed by atoms with Gasteiger partial charge < -0.3 is 18.8 Å². The molecule has 0 spiro atoms. The smallest absolute Gasteiger partial charge is 0.251 e. The zero-order chi connectivity index (χ0) is 27.2. The number of aromatic nitrogens is 1. The van der Waals surface area contributed by atoms with Crippen LogP contribution < -0.4 is 19.8 Å². The van der Waals surface area contributed by atoms with Gasteiger partial charge in [0.25, 0.3) is 5.56 Å². The summed E-state index contributed by atoms with van der Waals surface area (Å²) >= 11 is 0. The van der Waals surface area contributed by atoms with Gasteiger partial charge in [0.05, 0.1) is 26.3 Å². The van der Waals surface area contributed by atoms with Crippen LogP contribution in [0.25, 0.3) is 43.9 Å². The van der Waals surface area contributed by atoms with Gasteiger partial charge in [-0.2, -0.15) is 0 Å². The largest absolute Gasteiger partial charge is 0.497 e. The van der Waals surface area contributed by atoms with Crippen LogP contribution in [0.4, 0.5) is 0 Å². The molecule has 196 valence electrons. The minimum absolute atomic E-state index is 0.0640. The van der Waals surface area contributed by atoms with Crippen LogP contribution in [0.1, 0.15) is 11.1 Å². The average Bonchev–Trinajstić information content (AvgIpc) is 3.00. The van der Waals surface area contributed by atoms with Gasteiger partial charge in [-0.05, 0) is 87.1 Å². The van der Waals surface area contributed by atoms with Gasteiger partial charge in [0.15, 0.2) is 5.75 Å². The van der Waals surface area contributed by atoms with Crippen molar-refractivity contribution in [2.75, 3.05) is 14.2 Å². The fraction of sp³-hybridized carbons (Fsp3) is 0.114. The maximum Gasteiger partial charge on any atom is 0.251 e. The summed E-state index contributed by atoms with van der Waals surface area (Å²) in [4.78, 5) is 13.5. The molecule has 2 heterocycles. The topological polar surface area (TPSA) is 49.7 Å². The predicted octanol–water partition coefficient (Wildman–Crippen LogP) is 7.45. The number of ether oxygens (including phenoxy) is 3. The summed E-state index contributed by atoms with van der Waals surface area (Å²) in [5.41, 5.74) is 6.84. The van der Waals surface area contributed by atoms with Gasteiger partial charge in [0.1, 0.15) is 18.1 Å². The molecule has 0 aliphatic carbocycles. The van der Waals surface area contributed by atoms with Gasteiger partial charge in [-0.3, -0.25) is 4.79 Å². The molecule has 1 aliphatic heterocycles. The van der Waals surface area contributed by atoms with Crippen LogP contribution in [0.2, 0.25) is 0 Å². The molecule has 5 aromatic carbocycles. The van der Waals surface area contributed by atoms with Crippen molar-refractivity contribution >= 4 is 21.7 Å². The first-order valence-corrected chi connectivity index (χ1v) is 13.3. The van der Waals surface area contributed by atoms with Gasteiger partial charge in [0, 0.05) is 17.0 Å². The third kappa shape index (κ3) is 3.98. The maximum atomic E-state index is 13.5. The first-order chi connectivity index (χ1) is 19.6. The van der Waals surface area contributed by atoms with E-state index in [-0.39, 0.29) is 5.56 Å². The fourth-order valence-corrected chi connectivity index (χ4v) is 5.69. The normalized spacial score (nSPS) is 12.3. The van der Waals surface area contributed by atoms with E-state index in [4.69, 9.17) is 14.2 Å². The second-order valence-corrected chi connectivity index (χ2v) is 10.0. The minimum atomic E-state index is -0.0640. The second kappa shape index (κ2) is 9.62. The lowest BCUT2D eigenvalue weighted by molar-refractivity contribution is 0.306. The van der Waals surface area contributed by atoms with E-state index < -0.39 is 0 Å². The summed E-state index contributed by atoms with van der Waals surface area (Å²) in [7, 11) is 3.32. The van der Waals surface area contributed by atoms with Crippen molar-refractivity contribution in [2.24, 2.45) is 0 Å². The number of hydrogen-bond acceptors (Lipinski definition) is 4. The van der Waals surface area contributed by atoms with Crippen molar-refractivity contribution in [1.29, 1.82) is 0 Å². The highest BCUT2D eigenvalue weighted by molar-refractivity contribution is 6.03. The Morgan fingerprint density at radius 2 is 1.27 bits per heavy atom. The van der Waals surface area contributed by atoms with Crippen LogP contribution in [0, 0.1) is 0 Å². The fourth-order valence-electron chi connectivity index (χ4n) is 5.69. The molecular formula is C35H27NO4. The Kier molecular flexibility index (Phi) is 5.78. The Morgan fingerprint density at radius 3 is 1.90 bits per heavy atom. The molecule has 0 N–H and O–H groups in total. The highest BCUT2D eigenvalue weighted by Gasteiger charge is 2.23. The highest BCUT2D eigenvalue weighted by atomic mass is 16.5. The maximum absolute atomic E-state index is 13.5. The molecule has 1 aliphatic rings. The number of hydrogen-bond donors (Lipinski definition) is 0. The Bertz CT molecular complexity index is 1950. The molecule has 7 rings (SSSR count). The van der Waals surface area contributed by atoms with E-state index in [1.165, 1.54) is 0 Å². The van der Waals surface area contributed by atoms with Crippen molar-refractivity contribution in [3.63, 3.8) is 0 Å². The van der Waals surface area contributed by atoms with Crippen LogP contribution in [0.5, 0.6) is 17.2 Å². The number of rotatable bonds is 4. The van der Waals surface area contributed by atoms with Gasteiger partial charge in [-0.25, -0.2) is 0 Å². The Hall–Kier alpha value is -5.03. The van der Waals surface area contributed by atoms with Crippen molar-refractivity contribution in [1.82, 2.24) is 4.57 Å². The van der Waals surface area contributed by atoms with Crippen LogP contribution in [0.3, 0.4) is 0 Å². The van der Waals surface area contributed by atoms with Crippen LogP contribution in [-0.2, 0) is 13.2 Å². The third-order valence-corrected chi connectivity index (χ3v) is 7.79. The van der Waals surface area contributed by atoms with E-state index in [1.807, 2.05) is 59.2 Å². The van der Waals surface area contributed by atoms with Crippen molar-refractivity contribution in [3.8, 4) is 39.5 Å². The Labute approximate surface area is 231 Å². The summed E-state index contributed by atoms with van der Waals surface area (Å²) in [5.74, 6) is 2.27. The van der Waals surface area contributed by atoms with E-state index in [9.17, 15) is 4.79 Å². The molecular weight excluding hydrogens is 498 g/mol. The second-order valence-electron chi connectivity index (χ2n) is 10.0. The van der Waals surface area contributed by atoms with E-state index in [0.29, 0.717) is 18.9 Å². The molecule has 40 heavy (non-hydrogen) atoms. The lowest BCUT2D eigenvalue weighted by Crippen LogP contribution is -2.23. The molecule has 0 bridgehead atoms. The highest BCUT2D eigenvalue weighted by Crippen LogP contribution is 2.44. The standard InChI is InChI=1S/C35H27NO4/c1-38-28-11-7-22(8-12-28)31-19-32(23-9-13-29(39-2)14-10-23)35-34-30(31)15-16-33(37)36(34)20-26-17-24-5-3-4-6-25(24)18-27(26)21-40-35/h3-19H,20-21H2,1-2H3. The monoisotopic (exact) mass is 525 g/mol. The molecule has 5 nitrogen and oxygen atoms in total. The molecule has 6 aromatic rings. The molecule has 0 amide bonds. The van der Waals surface area contributed by atoms with Crippen LogP contribution in [0.15, 0.2) is 108 Å². The SMILES string of the molecule is COc1ccc(-c2cc(-c3ccc(OC)cc3)c3ccc(=O)n4c3c2OCc2cc3ccccc3cc2C4)cc1. The van der Waals surface area contributed by atoms with Gasteiger partial charge >= 0.3 is 0 Å². The molecule has 0 unspecified atom stereocenters. The number of benzene rings is 5. The summed E-state index contributed by atoms with van der Waals surface area (Å²) in [6, 6.07) is 34.4. The zero-order valence-corrected chi connectivity index (χ0v) is 22.3. The number of nitrogens with zero attached hydrogens (tertiary/aromatic N) is 1. The molecule has 0 radical (unpaired) electrons. The lowest BCUT2D eigenvalue weighted by Gasteiger charge is -2.25. The van der Waals surface area contributed by atoms with E-state index in [1.54, 1.807) is 20.3 Å². The third-order valence-electron chi connectivity index (χ3n) is 7.79. The Morgan fingerprint density at radius 1 is 0.675 bits per heavy atom. The van der Waals surface area contributed by atoms with E-state index >= 15 is 0 Å². The lowest BCUT2D eigenvalue weighted by atomic mass is 9.93. The first-order valence-electron chi connectivity index (χ1n) is 13.3. The summed E-state index contributed by atoms with van der Waals surface area (Å²) in [5, 5.41) is 3.26. The summed E-state index contributed by atoms with van der Waals surface area (Å²) in [6.07, 6.45) is 0. The minimum Gasteiger partial charge on any atom is -0.497 e. The van der Waals surface area contributed by atoms with Crippen molar-refractivity contribution in [3.05, 3.63) is 125 Å². The molecule has 0 saturated heterocycles. The van der Waals surface area contributed by atoms with Crippen LogP contribution in [-0.4, -0.2) is 18.8 Å². The van der Waals surface area contributed by atoms with Gasteiger partial charge in [-0.15, -0.1) is 0 Å². The van der Waals surface area contributed by atoms with E-state index in [0.717, 1.165) is 66.6 Å². The first kappa shape index (κ1) is 24.0.